The number of hydrogen-bond donors (Lipinski definition) is 0. The highest BCUT2D eigenvalue weighted by Crippen LogP contribution is 2.21. The summed E-state index contributed by atoms with van der Waals surface area (Å²) in [6.07, 6.45) is 0. The average molecular weight is 364 g/mol. The van der Waals surface area contributed by atoms with E-state index >= 15 is 0 Å². The highest BCUT2D eigenvalue weighted by molar-refractivity contribution is 7.09. The molecule has 0 N–H and O–H groups in total. The number of anilines is 1. The van der Waals surface area contributed by atoms with Crippen LogP contribution in [0.4, 0.5) is 5.69 Å². The molecule has 3 rings (SSSR count). The summed E-state index contributed by atoms with van der Waals surface area (Å²) in [5, 5.41) is 2.82. The van der Waals surface area contributed by atoms with Crippen molar-refractivity contribution >= 4 is 34.5 Å². The lowest BCUT2D eigenvalue weighted by atomic mass is 10.2. The minimum Gasteiger partial charge on any atom is -0.368 e. The summed E-state index contributed by atoms with van der Waals surface area (Å²) in [7, 11) is 2.00. The van der Waals surface area contributed by atoms with Gasteiger partial charge in [-0.2, -0.15) is 0 Å². The Morgan fingerprint density at radius 2 is 2.00 bits per heavy atom. The predicted molar refractivity (Wildman–Crippen MR) is 101 cm³/mol. The number of carbonyl (C=O) groups is 1. The molecule has 1 aromatic heterocycles. The van der Waals surface area contributed by atoms with Crippen molar-refractivity contribution in [3.63, 3.8) is 0 Å². The molecule has 2 heterocycles. The van der Waals surface area contributed by atoms with Crippen LogP contribution in [0.2, 0.25) is 5.02 Å². The number of rotatable bonds is 5. The van der Waals surface area contributed by atoms with Gasteiger partial charge in [0.15, 0.2) is 0 Å². The van der Waals surface area contributed by atoms with E-state index in [1.165, 1.54) is 4.88 Å². The third-order valence-electron chi connectivity index (χ3n) is 4.22. The highest BCUT2D eigenvalue weighted by atomic mass is 35.5. The Balaban J connectivity index is 1.48. The van der Waals surface area contributed by atoms with Crippen molar-refractivity contribution in [2.24, 2.45) is 0 Å². The van der Waals surface area contributed by atoms with Gasteiger partial charge in [0.1, 0.15) is 0 Å². The lowest BCUT2D eigenvalue weighted by molar-refractivity contribution is -0.132. The summed E-state index contributed by atoms with van der Waals surface area (Å²) >= 11 is 7.79. The van der Waals surface area contributed by atoms with E-state index in [2.05, 4.69) is 27.3 Å². The largest absolute Gasteiger partial charge is 0.368 e. The lowest BCUT2D eigenvalue weighted by Crippen LogP contribution is -2.51. The number of hydrogen-bond acceptors (Lipinski definition) is 4. The van der Waals surface area contributed by atoms with E-state index in [0.717, 1.165) is 43.4 Å². The predicted octanol–water partition coefficient (Wildman–Crippen LogP) is 3.18. The van der Waals surface area contributed by atoms with Crippen LogP contribution in [0.25, 0.3) is 0 Å². The normalized spacial score (nSPS) is 15.1. The number of thiophene rings is 1. The molecule has 1 aromatic carbocycles. The van der Waals surface area contributed by atoms with Crippen molar-refractivity contribution in [1.29, 1.82) is 0 Å². The van der Waals surface area contributed by atoms with Gasteiger partial charge in [-0.1, -0.05) is 23.7 Å². The second-order valence-electron chi connectivity index (χ2n) is 6.10. The molecular weight excluding hydrogens is 342 g/mol. The highest BCUT2D eigenvalue weighted by Gasteiger charge is 2.22. The smallest absolute Gasteiger partial charge is 0.236 e. The van der Waals surface area contributed by atoms with Crippen LogP contribution in [-0.2, 0) is 11.3 Å². The van der Waals surface area contributed by atoms with Gasteiger partial charge in [-0.25, -0.2) is 0 Å². The summed E-state index contributed by atoms with van der Waals surface area (Å²) in [6.45, 7) is 4.51. The second-order valence-corrected chi connectivity index (χ2v) is 7.57. The van der Waals surface area contributed by atoms with Gasteiger partial charge in [0.25, 0.3) is 0 Å². The fourth-order valence-electron chi connectivity index (χ4n) is 2.94. The Morgan fingerprint density at radius 1 is 1.21 bits per heavy atom. The van der Waals surface area contributed by atoms with Crippen molar-refractivity contribution in [3.8, 4) is 0 Å². The molecule has 0 spiro atoms. The molecule has 1 fully saturated rings. The molecule has 128 valence electrons. The van der Waals surface area contributed by atoms with Crippen molar-refractivity contribution in [2.45, 2.75) is 6.54 Å². The first-order valence-electron chi connectivity index (χ1n) is 8.11. The lowest BCUT2D eigenvalue weighted by Gasteiger charge is -2.36. The van der Waals surface area contributed by atoms with Crippen LogP contribution in [0.1, 0.15) is 4.88 Å². The van der Waals surface area contributed by atoms with Crippen LogP contribution in [0.3, 0.4) is 0 Å². The number of carbonyl (C=O) groups excluding carboxylic acids is 1. The topological polar surface area (TPSA) is 26.8 Å². The van der Waals surface area contributed by atoms with Gasteiger partial charge in [0.05, 0.1) is 6.54 Å². The number of benzene rings is 1. The Kier molecular flexibility index (Phi) is 5.76. The molecule has 1 aliphatic rings. The quantitative estimate of drug-likeness (QED) is 0.816. The SMILES string of the molecule is CN(CC(=O)N1CCN(c2cccc(Cl)c2)CC1)Cc1cccs1. The molecule has 2 aromatic rings. The molecule has 1 aliphatic heterocycles. The zero-order valence-corrected chi connectivity index (χ0v) is 15.4. The number of likely N-dealkylation sites (N-methyl/N-ethyl adjacent to an activating group) is 1. The summed E-state index contributed by atoms with van der Waals surface area (Å²) in [5.41, 5.74) is 1.13. The van der Waals surface area contributed by atoms with E-state index in [1.807, 2.05) is 36.2 Å². The fourth-order valence-corrected chi connectivity index (χ4v) is 3.91. The van der Waals surface area contributed by atoms with Gasteiger partial charge >= 0.3 is 0 Å². The van der Waals surface area contributed by atoms with Gasteiger partial charge in [0.2, 0.25) is 5.91 Å². The van der Waals surface area contributed by atoms with Crippen molar-refractivity contribution in [1.82, 2.24) is 9.80 Å². The van der Waals surface area contributed by atoms with Crippen molar-refractivity contribution in [3.05, 3.63) is 51.7 Å². The van der Waals surface area contributed by atoms with E-state index in [9.17, 15) is 4.79 Å². The molecule has 4 nitrogen and oxygen atoms in total. The van der Waals surface area contributed by atoms with E-state index in [1.54, 1.807) is 11.3 Å². The van der Waals surface area contributed by atoms with Gasteiger partial charge in [-0.3, -0.25) is 9.69 Å². The maximum Gasteiger partial charge on any atom is 0.236 e. The minimum absolute atomic E-state index is 0.208. The third kappa shape index (κ3) is 4.50. The zero-order chi connectivity index (χ0) is 16.9. The Labute approximate surface area is 152 Å². The first-order chi connectivity index (χ1) is 11.6. The van der Waals surface area contributed by atoms with Crippen LogP contribution in [0.15, 0.2) is 41.8 Å². The molecule has 0 radical (unpaired) electrons. The molecule has 0 bridgehead atoms. The molecule has 24 heavy (non-hydrogen) atoms. The van der Waals surface area contributed by atoms with Gasteiger partial charge in [0, 0.05) is 48.3 Å². The number of halogens is 1. The molecule has 0 atom stereocenters. The Morgan fingerprint density at radius 3 is 2.67 bits per heavy atom. The van der Waals surface area contributed by atoms with E-state index in [0.29, 0.717) is 6.54 Å². The molecule has 0 saturated carbocycles. The first kappa shape index (κ1) is 17.3. The fraction of sp³-hybridized carbons (Fsp3) is 0.389. The van der Waals surface area contributed by atoms with Crippen molar-refractivity contribution in [2.75, 3.05) is 44.7 Å². The molecule has 0 unspecified atom stereocenters. The van der Waals surface area contributed by atoms with E-state index in [4.69, 9.17) is 11.6 Å². The Bertz CT molecular complexity index is 669. The average Bonchev–Trinajstić information content (AvgIpc) is 3.07. The van der Waals surface area contributed by atoms with Crippen molar-refractivity contribution < 1.29 is 4.79 Å². The summed E-state index contributed by atoms with van der Waals surface area (Å²) in [5.74, 6) is 0.208. The van der Waals surface area contributed by atoms with E-state index in [-0.39, 0.29) is 5.91 Å². The maximum absolute atomic E-state index is 12.5. The van der Waals surface area contributed by atoms with Gasteiger partial charge < -0.3 is 9.80 Å². The van der Waals surface area contributed by atoms with Gasteiger partial charge in [-0.05, 0) is 36.7 Å². The molecular formula is C18H22ClN3OS. The summed E-state index contributed by atoms with van der Waals surface area (Å²) < 4.78 is 0. The van der Waals surface area contributed by atoms with Gasteiger partial charge in [-0.15, -0.1) is 11.3 Å². The second kappa shape index (κ2) is 8.01. The number of piperazine rings is 1. The van der Waals surface area contributed by atoms with Crippen LogP contribution in [0.5, 0.6) is 0 Å². The van der Waals surface area contributed by atoms with Crippen LogP contribution >= 0.6 is 22.9 Å². The maximum atomic E-state index is 12.5. The molecule has 1 amide bonds. The van der Waals surface area contributed by atoms with Crippen LogP contribution in [-0.4, -0.2) is 55.5 Å². The number of amides is 1. The molecule has 1 saturated heterocycles. The molecule has 6 heteroatoms. The summed E-state index contributed by atoms with van der Waals surface area (Å²) in [4.78, 5) is 20.1. The zero-order valence-electron chi connectivity index (χ0n) is 13.8. The first-order valence-corrected chi connectivity index (χ1v) is 9.37. The van der Waals surface area contributed by atoms with Crippen LogP contribution < -0.4 is 4.90 Å². The number of nitrogens with zero attached hydrogens (tertiary/aromatic N) is 3. The Hall–Kier alpha value is -1.56. The minimum atomic E-state index is 0.208. The standard InChI is InChI=1S/C18H22ClN3OS/c1-20(13-17-6-3-11-24-17)14-18(23)22-9-7-21(8-10-22)16-5-2-4-15(19)12-16/h2-6,11-12H,7-10,13-14H2,1H3. The third-order valence-corrected chi connectivity index (χ3v) is 5.31. The van der Waals surface area contributed by atoms with Crippen LogP contribution in [0, 0.1) is 0 Å². The summed E-state index contributed by atoms with van der Waals surface area (Å²) in [6, 6.07) is 12.1. The molecule has 0 aliphatic carbocycles. The van der Waals surface area contributed by atoms with E-state index < -0.39 is 0 Å². The monoisotopic (exact) mass is 363 g/mol.